The number of amides is 2. The zero-order valence-corrected chi connectivity index (χ0v) is 12.2. The van der Waals surface area contributed by atoms with Gasteiger partial charge in [-0.3, -0.25) is 9.69 Å². The van der Waals surface area contributed by atoms with Gasteiger partial charge in [-0.2, -0.15) is 0 Å². The van der Waals surface area contributed by atoms with Gasteiger partial charge in [0.15, 0.2) is 5.76 Å². The lowest BCUT2D eigenvalue weighted by molar-refractivity contribution is 0.0995. The standard InChI is InChI=1S/C16H16N2O4/c1-2-11-7-8-14(22-11)15(19)17-12-5-3-4-6-13(12)18-9-10-21-16(18)20/h3-8H,2,9-10H2,1H3,(H,17,19). The number of rotatable bonds is 4. The van der Waals surface area contributed by atoms with Crippen LogP contribution in [0.2, 0.25) is 0 Å². The number of anilines is 2. The molecule has 22 heavy (non-hydrogen) atoms. The summed E-state index contributed by atoms with van der Waals surface area (Å²) in [5, 5.41) is 2.78. The van der Waals surface area contributed by atoms with Crippen molar-refractivity contribution in [2.75, 3.05) is 23.4 Å². The monoisotopic (exact) mass is 300 g/mol. The number of carbonyl (C=O) groups excluding carboxylic acids is 2. The lowest BCUT2D eigenvalue weighted by atomic mass is 10.2. The zero-order chi connectivity index (χ0) is 15.5. The van der Waals surface area contributed by atoms with Gasteiger partial charge in [0.25, 0.3) is 5.91 Å². The summed E-state index contributed by atoms with van der Waals surface area (Å²) in [7, 11) is 0. The van der Waals surface area contributed by atoms with Crippen LogP contribution in [0.25, 0.3) is 0 Å². The van der Waals surface area contributed by atoms with Crippen molar-refractivity contribution in [3.05, 3.63) is 47.9 Å². The van der Waals surface area contributed by atoms with Gasteiger partial charge in [-0.05, 0) is 24.3 Å². The lowest BCUT2D eigenvalue weighted by Crippen LogP contribution is -2.25. The molecule has 1 aromatic carbocycles. The maximum absolute atomic E-state index is 12.3. The Morgan fingerprint density at radius 3 is 2.77 bits per heavy atom. The van der Waals surface area contributed by atoms with Crippen LogP contribution in [0, 0.1) is 0 Å². The number of aryl methyl sites for hydroxylation is 1. The number of hydrogen-bond donors (Lipinski definition) is 1. The van der Waals surface area contributed by atoms with Crippen LogP contribution < -0.4 is 10.2 Å². The number of carbonyl (C=O) groups is 2. The molecule has 1 aliphatic heterocycles. The normalized spacial score (nSPS) is 14.0. The first-order chi connectivity index (χ1) is 10.7. The van der Waals surface area contributed by atoms with Gasteiger partial charge in [0.2, 0.25) is 0 Å². The van der Waals surface area contributed by atoms with Crippen LogP contribution in [-0.2, 0) is 11.2 Å². The van der Waals surface area contributed by atoms with E-state index in [1.54, 1.807) is 36.4 Å². The number of cyclic esters (lactones) is 1. The van der Waals surface area contributed by atoms with Gasteiger partial charge in [-0.1, -0.05) is 19.1 Å². The number of benzene rings is 1. The number of nitrogens with one attached hydrogen (secondary N) is 1. The summed E-state index contributed by atoms with van der Waals surface area (Å²) < 4.78 is 10.4. The zero-order valence-electron chi connectivity index (χ0n) is 12.2. The molecule has 1 N–H and O–H groups in total. The van der Waals surface area contributed by atoms with E-state index in [1.165, 1.54) is 4.90 Å². The number of furan rings is 1. The van der Waals surface area contributed by atoms with Gasteiger partial charge < -0.3 is 14.5 Å². The fourth-order valence-electron chi connectivity index (χ4n) is 2.30. The molecule has 1 fully saturated rings. The Hall–Kier alpha value is -2.76. The minimum absolute atomic E-state index is 0.246. The molecule has 1 aliphatic rings. The van der Waals surface area contributed by atoms with Crippen molar-refractivity contribution in [2.24, 2.45) is 0 Å². The molecule has 0 atom stereocenters. The summed E-state index contributed by atoms with van der Waals surface area (Å²) in [6, 6.07) is 10.5. The SMILES string of the molecule is CCc1ccc(C(=O)Nc2ccccc2N2CCOC2=O)o1. The molecule has 0 radical (unpaired) electrons. The number of para-hydroxylation sites is 2. The van der Waals surface area contributed by atoms with E-state index in [0.29, 0.717) is 24.5 Å². The summed E-state index contributed by atoms with van der Waals surface area (Å²) in [5.41, 5.74) is 1.15. The van der Waals surface area contributed by atoms with Gasteiger partial charge in [-0.15, -0.1) is 0 Å². The van der Waals surface area contributed by atoms with Gasteiger partial charge in [0.05, 0.1) is 17.9 Å². The molecular weight excluding hydrogens is 284 g/mol. The summed E-state index contributed by atoms with van der Waals surface area (Å²) in [6.45, 7) is 2.76. The van der Waals surface area contributed by atoms with E-state index in [2.05, 4.69) is 5.32 Å². The van der Waals surface area contributed by atoms with E-state index in [9.17, 15) is 9.59 Å². The van der Waals surface area contributed by atoms with Crippen molar-refractivity contribution in [2.45, 2.75) is 13.3 Å². The van der Waals surface area contributed by atoms with Crippen LogP contribution in [0.4, 0.5) is 16.2 Å². The van der Waals surface area contributed by atoms with Crippen LogP contribution in [0.1, 0.15) is 23.2 Å². The Bertz CT molecular complexity index is 708. The highest BCUT2D eigenvalue weighted by molar-refractivity contribution is 6.05. The Balaban J connectivity index is 1.83. The van der Waals surface area contributed by atoms with Crippen molar-refractivity contribution >= 4 is 23.4 Å². The Morgan fingerprint density at radius 1 is 1.27 bits per heavy atom. The average Bonchev–Trinajstić information content (AvgIpc) is 3.16. The lowest BCUT2D eigenvalue weighted by Gasteiger charge is -2.17. The minimum atomic E-state index is -0.409. The molecule has 6 nitrogen and oxygen atoms in total. The van der Waals surface area contributed by atoms with Crippen molar-refractivity contribution in [3.8, 4) is 0 Å². The molecule has 0 aliphatic carbocycles. The van der Waals surface area contributed by atoms with Crippen LogP contribution in [0.15, 0.2) is 40.8 Å². The number of ether oxygens (including phenoxy) is 1. The molecule has 2 heterocycles. The number of nitrogens with zero attached hydrogens (tertiary/aromatic N) is 1. The van der Waals surface area contributed by atoms with E-state index in [4.69, 9.17) is 9.15 Å². The summed E-state index contributed by atoms with van der Waals surface area (Å²) in [4.78, 5) is 25.4. The highest BCUT2D eigenvalue weighted by Crippen LogP contribution is 2.28. The maximum Gasteiger partial charge on any atom is 0.414 e. The van der Waals surface area contributed by atoms with Crippen molar-refractivity contribution in [1.29, 1.82) is 0 Å². The third-order valence-corrected chi connectivity index (χ3v) is 3.44. The largest absolute Gasteiger partial charge is 0.456 e. The fourth-order valence-corrected chi connectivity index (χ4v) is 2.30. The second kappa shape index (κ2) is 5.93. The average molecular weight is 300 g/mol. The highest BCUT2D eigenvalue weighted by Gasteiger charge is 2.26. The predicted octanol–water partition coefficient (Wildman–Crippen LogP) is 3.05. The summed E-state index contributed by atoms with van der Waals surface area (Å²) in [6.07, 6.45) is 0.316. The molecule has 2 amide bonds. The topological polar surface area (TPSA) is 71.8 Å². The van der Waals surface area contributed by atoms with Gasteiger partial charge in [0.1, 0.15) is 12.4 Å². The molecule has 0 spiro atoms. The van der Waals surface area contributed by atoms with Crippen molar-refractivity contribution in [1.82, 2.24) is 0 Å². The minimum Gasteiger partial charge on any atom is -0.456 e. The quantitative estimate of drug-likeness (QED) is 0.942. The fraction of sp³-hybridized carbons (Fsp3) is 0.250. The molecular formula is C16H16N2O4. The second-order valence-corrected chi connectivity index (χ2v) is 4.86. The van der Waals surface area contributed by atoms with E-state index in [-0.39, 0.29) is 11.7 Å². The Morgan fingerprint density at radius 2 is 2.09 bits per heavy atom. The highest BCUT2D eigenvalue weighted by atomic mass is 16.6. The smallest absolute Gasteiger partial charge is 0.414 e. The van der Waals surface area contributed by atoms with Crippen LogP contribution in [-0.4, -0.2) is 25.2 Å². The molecule has 0 bridgehead atoms. The summed E-state index contributed by atoms with van der Waals surface area (Å²) >= 11 is 0. The Labute approximate surface area is 127 Å². The molecule has 1 aromatic heterocycles. The predicted molar refractivity (Wildman–Crippen MR) is 81.2 cm³/mol. The molecule has 0 saturated carbocycles. The van der Waals surface area contributed by atoms with Gasteiger partial charge in [0, 0.05) is 6.42 Å². The maximum atomic E-state index is 12.3. The molecule has 1 saturated heterocycles. The third kappa shape index (κ3) is 2.67. The van der Waals surface area contributed by atoms with Crippen LogP contribution in [0.3, 0.4) is 0 Å². The van der Waals surface area contributed by atoms with Gasteiger partial charge in [-0.25, -0.2) is 4.79 Å². The molecule has 3 rings (SSSR count). The molecule has 114 valence electrons. The van der Waals surface area contributed by atoms with Crippen molar-refractivity contribution < 1.29 is 18.7 Å². The first-order valence-electron chi connectivity index (χ1n) is 7.12. The van der Waals surface area contributed by atoms with Gasteiger partial charge >= 0.3 is 6.09 Å². The van der Waals surface area contributed by atoms with E-state index < -0.39 is 6.09 Å². The van der Waals surface area contributed by atoms with E-state index >= 15 is 0 Å². The molecule has 2 aromatic rings. The van der Waals surface area contributed by atoms with Crippen LogP contribution >= 0.6 is 0 Å². The van der Waals surface area contributed by atoms with E-state index in [1.807, 2.05) is 6.92 Å². The van der Waals surface area contributed by atoms with Crippen LogP contribution in [0.5, 0.6) is 0 Å². The Kier molecular flexibility index (Phi) is 3.82. The number of hydrogen-bond acceptors (Lipinski definition) is 4. The van der Waals surface area contributed by atoms with E-state index in [0.717, 1.165) is 12.2 Å². The van der Waals surface area contributed by atoms with Crippen molar-refractivity contribution in [3.63, 3.8) is 0 Å². The molecule has 0 unspecified atom stereocenters. The second-order valence-electron chi connectivity index (χ2n) is 4.86. The third-order valence-electron chi connectivity index (χ3n) is 3.44. The first-order valence-corrected chi connectivity index (χ1v) is 7.12. The molecule has 6 heteroatoms. The first kappa shape index (κ1) is 14.2. The summed E-state index contributed by atoms with van der Waals surface area (Å²) in [5.74, 6) is 0.650.